The van der Waals surface area contributed by atoms with Gasteiger partial charge in [-0.1, -0.05) is 6.07 Å². The van der Waals surface area contributed by atoms with Crippen molar-refractivity contribution in [2.24, 2.45) is 0 Å². The molecular formula is C19H18FN5OS. The van der Waals surface area contributed by atoms with E-state index in [9.17, 15) is 9.18 Å². The molecule has 3 heterocycles. The van der Waals surface area contributed by atoms with Crippen LogP contribution >= 0.6 is 11.3 Å². The number of imidazole rings is 1. The van der Waals surface area contributed by atoms with E-state index in [1.165, 1.54) is 12.1 Å². The molecule has 0 aliphatic rings. The predicted octanol–water partition coefficient (Wildman–Crippen LogP) is 4.42. The molecule has 0 aliphatic heterocycles. The Morgan fingerprint density at radius 2 is 2.22 bits per heavy atom. The molecule has 0 atom stereocenters. The van der Waals surface area contributed by atoms with Crippen molar-refractivity contribution in [3.63, 3.8) is 0 Å². The van der Waals surface area contributed by atoms with Crippen molar-refractivity contribution in [1.82, 2.24) is 20.2 Å². The van der Waals surface area contributed by atoms with Crippen molar-refractivity contribution in [2.45, 2.75) is 26.2 Å². The van der Waals surface area contributed by atoms with Crippen LogP contribution in [0.2, 0.25) is 0 Å². The fraction of sp³-hybridized carbons (Fsp3) is 0.211. The molecule has 4 aromatic rings. The number of benzene rings is 1. The van der Waals surface area contributed by atoms with Gasteiger partial charge in [-0.2, -0.15) is 5.10 Å². The van der Waals surface area contributed by atoms with Crippen LogP contribution in [-0.4, -0.2) is 26.1 Å². The van der Waals surface area contributed by atoms with E-state index >= 15 is 0 Å². The quantitative estimate of drug-likeness (QED) is 0.460. The Bertz CT molecular complexity index is 1080. The van der Waals surface area contributed by atoms with E-state index in [1.54, 1.807) is 17.4 Å². The zero-order chi connectivity index (χ0) is 18.8. The third kappa shape index (κ3) is 3.75. The van der Waals surface area contributed by atoms with Crippen LogP contribution in [0.4, 0.5) is 10.2 Å². The maximum Gasteiger partial charge on any atom is 0.225 e. The number of aryl methyl sites for hydroxylation is 1. The van der Waals surface area contributed by atoms with Gasteiger partial charge in [0.05, 0.1) is 21.6 Å². The zero-order valence-corrected chi connectivity index (χ0v) is 15.5. The van der Waals surface area contributed by atoms with Gasteiger partial charge in [-0.25, -0.2) is 9.37 Å². The number of H-pyrrole nitrogens is 2. The maximum absolute atomic E-state index is 13.2. The number of aromatic amines is 2. The molecule has 0 radical (unpaired) electrons. The summed E-state index contributed by atoms with van der Waals surface area (Å²) < 4.78 is 13.2. The molecule has 0 aliphatic carbocycles. The van der Waals surface area contributed by atoms with Gasteiger partial charge in [0.1, 0.15) is 11.6 Å². The summed E-state index contributed by atoms with van der Waals surface area (Å²) in [5, 5.41) is 12.1. The molecule has 0 bridgehead atoms. The van der Waals surface area contributed by atoms with E-state index in [2.05, 4.69) is 25.5 Å². The average molecular weight is 383 g/mol. The van der Waals surface area contributed by atoms with Gasteiger partial charge >= 0.3 is 0 Å². The number of fused-ring (bicyclic) bond motifs is 1. The van der Waals surface area contributed by atoms with Crippen LogP contribution in [0.3, 0.4) is 0 Å². The third-order valence-corrected chi connectivity index (χ3v) is 5.23. The smallest absolute Gasteiger partial charge is 0.225 e. The van der Waals surface area contributed by atoms with Gasteiger partial charge in [0.2, 0.25) is 5.91 Å². The van der Waals surface area contributed by atoms with Gasteiger partial charge in [0, 0.05) is 18.4 Å². The summed E-state index contributed by atoms with van der Waals surface area (Å²) in [6.45, 7) is 1.93. The van der Waals surface area contributed by atoms with Gasteiger partial charge in [-0.15, -0.1) is 11.3 Å². The standard InChI is InChI=1S/C19H18FN5OS/c1-11-18(15-4-3-9-27-15)24-25-19(11)23-17(26)6-2-5-16-21-13-8-7-12(20)10-14(13)22-16/h3-4,7-10H,2,5-6H2,1H3,(H,21,22)(H2,23,24,25,26). The third-order valence-electron chi connectivity index (χ3n) is 4.35. The highest BCUT2D eigenvalue weighted by atomic mass is 32.1. The van der Waals surface area contributed by atoms with Gasteiger partial charge in [0.15, 0.2) is 5.82 Å². The van der Waals surface area contributed by atoms with Crippen LogP contribution in [-0.2, 0) is 11.2 Å². The highest BCUT2D eigenvalue weighted by molar-refractivity contribution is 7.13. The Morgan fingerprint density at radius 3 is 3.04 bits per heavy atom. The number of hydrogen-bond acceptors (Lipinski definition) is 4. The van der Waals surface area contributed by atoms with Crippen LogP contribution < -0.4 is 5.32 Å². The number of aromatic nitrogens is 4. The maximum atomic E-state index is 13.2. The molecule has 27 heavy (non-hydrogen) atoms. The predicted molar refractivity (Wildman–Crippen MR) is 104 cm³/mol. The van der Waals surface area contributed by atoms with E-state index in [0.29, 0.717) is 30.6 Å². The number of amides is 1. The minimum Gasteiger partial charge on any atom is -0.342 e. The lowest BCUT2D eigenvalue weighted by Crippen LogP contribution is -2.12. The lowest BCUT2D eigenvalue weighted by Gasteiger charge is -2.03. The van der Waals surface area contributed by atoms with Crippen molar-refractivity contribution in [3.05, 3.63) is 52.9 Å². The molecule has 3 N–H and O–H groups in total. The number of thiophene rings is 1. The van der Waals surface area contributed by atoms with Crippen LogP contribution in [0.25, 0.3) is 21.6 Å². The minimum absolute atomic E-state index is 0.0931. The van der Waals surface area contributed by atoms with Crippen LogP contribution in [0.15, 0.2) is 35.7 Å². The summed E-state index contributed by atoms with van der Waals surface area (Å²) in [5.41, 5.74) is 3.24. The summed E-state index contributed by atoms with van der Waals surface area (Å²) in [5.74, 6) is 0.916. The molecule has 0 saturated carbocycles. The topological polar surface area (TPSA) is 86.5 Å². The molecule has 1 aromatic carbocycles. The zero-order valence-electron chi connectivity index (χ0n) is 14.7. The average Bonchev–Trinajstić information content (AvgIpc) is 3.36. The molecule has 8 heteroatoms. The first-order valence-corrected chi connectivity index (χ1v) is 9.51. The Balaban J connectivity index is 1.33. The number of nitrogens with zero attached hydrogens (tertiary/aromatic N) is 2. The molecule has 0 fully saturated rings. The molecule has 3 aromatic heterocycles. The first-order valence-electron chi connectivity index (χ1n) is 8.63. The number of rotatable bonds is 6. The lowest BCUT2D eigenvalue weighted by molar-refractivity contribution is -0.116. The Hall–Kier alpha value is -3.00. The van der Waals surface area contributed by atoms with Crippen molar-refractivity contribution in [1.29, 1.82) is 0 Å². The van der Waals surface area contributed by atoms with E-state index in [1.807, 2.05) is 24.4 Å². The molecular weight excluding hydrogens is 365 g/mol. The summed E-state index contributed by atoms with van der Waals surface area (Å²) in [4.78, 5) is 20.8. The number of carbonyl (C=O) groups excluding carboxylic acids is 1. The van der Waals surface area contributed by atoms with Gasteiger partial charge < -0.3 is 10.3 Å². The normalized spacial score (nSPS) is 11.2. The summed E-state index contributed by atoms with van der Waals surface area (Å²) in [7, 11) is 0. The number of nitrogens with one attached hydrogen (secondary N) is 3. The van der Waals surface area contributed by atoms with E-state index in [4.69, 9.17) is 0 Å². The summed E-state index contributed by atoms with van der Waals surface area (Å²) in [6.07, 6.45) is 1.60. The Labute approximate surface area is 158 Å². The van der Waals surface area contributed by atoms with Crippen molar-refractivity contribution in [3.8, 4) is 10.6 Å². The lowest BCUT2D eigenvalue weighted by atomic mass is 10.2. The molecule has 138 valence electrons. The van der Waals surface area contributed by atoms with E-state index in [-0.39, 0.29) is 11.7 Å². The second kappa shape index (κ2) is 7.32. The molecule has 0 unspecified atom stereocenters. The largest absolute Gasteiger partial charge is 0.342 e. The van der Waals surface area contributed by atoms with Crippen LogP contribution in [0.5, 0.6) is 0 Å². The summed E-state index contributed by atoms with van der Waals surface area (Å²) in [6, 6.07) is 8.44. The Morgan fingerprint density at radius 1 is 1.33 bits per heavy atom. The fourth-order valence-electron chi connectivity index (χ4n) is 2.94. The van der Waals surface area contributed by atoms with Crippen LogP contribution in [0, 0.1) is 12.7 Å². The molecule has 1 amide bonds. The summed E-state index contributed by atoms with van der Waals surface area (Å²) >= 11 is 1.62. The highest BCUT2D eigenvalue weighted by Crippen LogP contribution is 2.29. The van der Waals surface area contributed by atoms with Crippen molar-refractivity contribution >= 4 is 34.1 Å². The fourth-order valence-corrected chi connectivity index (χ4v) is 3.72. The van der Waals surface area contributed by atoms with Crippen LogP contribution in [0.1, 0.15) is 24.2 Å². The van der Waals surface area contributed by atoms with E-state index in [0.717, 1.165) is 27.5 Å². The first kappa shape index (κ1) is 17.4. The number of anilines is 1. The highest BCUT2D eigenvalue weighted by Gasteiger charge is 2.14. The van der Waals surface area contributed by atoms with Crippen molar-refractivity contribution in [2.75, 3.05) is 5.32 Å². The molecule has 0 spiro atoms. The number of carbonyl (C=O) groups is 1. The Kier molecular flexibility index (Phi) is 4.72. The van der Waals surface area contributed by atoms with Crippen molar-refractivity contribution < 1.29 is 9.18 Å². The minimum atomic E-state index is -0.298. The second-order valence-electron chi connectivity index (χ2n) is 6.30. The van der Waals surface area contributed by atoms with E-state index < -0.39 is 0 Å². The number of halogens is 1. The molecule has 6 nitrogen and oxygen atoms in total. The number of hydrogen-bond donors (Lipinski definition) is 3. The van der Waals surface area contributed by atoms with Gasteiger partial charge in [0.25, 0.3) is 0 Å². The van der Waals surface area contributed by atoms with Gasteiger partial charge in [-0.3, -0.25) is 9.89 Å². The first-order chi connectivity index (χ1) is 13.1. The molecule has 4 rings (SSSR count). The second-order valence-corrected chi connectivity index (χ2v) is 7.24. The SMILES string of the molecule is Cc1c(NC(=O)CCCc2nc3ccc(F)cc3[nH]2)n[nH]c1-c1cccs1. The molecule has 0 saturated heterocycles. The monoisotopic (exact) mass is 383 g/mol. The van der Waals surface area contributed by atoms with Gasteiger partial charge in [-0.05, 0) is 43.0 Å².